The number of carbonyl (C=O) groups is 1. The third kappa shape index (κ3) is 5.05. The van der Waals surface area contributed by atoms with Crippen LogP contribution >= 0.6 is 24.0 Å². The van der Waals surface area contributed by atoms with Crippen molar-refractivity contribution in [3.8, 4) is 0 Å². The van der Waals surface area contributed by atoms with Crippen LogP contribution in [0.25, 0.3) is 0 Å². The number of amides is 1. The van der Waals surface area contributed by atoms with Crippen molar-refractivity contribution in [2.24, 2.45) is 17.8 Å². The Bertz CT molecular complexity index is 719. The van der Waals surface area contributed by atoms with Crippen LogP contribution in [0.1, 0.15) is 75.1 Å². The van der Waals surface area contributed by atoms with Crippen LogP contribution in [0.5, 0.6) is 0 Å². The van der Waals surface area contributed by atoms with Crippen molar-refractivity contribution in [3.63, 3.8) is 0 Å². The SMILES string of the molecule is CCCCCSc1ncccc1C(=O)NNC(=S)NC12CC3CC(CC(C3)C1)C2. The molecular weight excluding hydrogens is 400 g/mol. The zero-order valence-corrected chi connectivity index (χ0v) is 18.8. The van der Waals surface area contributed by atoms with E-state index in [9.17, 15) is 4.79 Å². The second-order valence-corrected chi connectivity index (χ2v) is 10.6. The number of pyridine rings is 1. The van der Waals surface area contributed by atoms with Gasteiger partial charge >= 0.3 is 0 Å². The van der Waals surface area contributed by atoms with Crippen molar-refractivity contribution in [1.29, 1.82) is 0 Å². The number of aromatic nitrogens is 1. The molecule has 0 radical (unpaired) electrons. The molecule has 0 saturated heterocycles. The molecule has 4 saturated carbocycles. The Kier molecular flexibility index (Phi) is 6.64. The molecule has 1 amide bonds. The highest BCUT2D eigenvalue weighted by Crippen LogP contribution is 2.55. The van der Waals surface area contributed by atoms with Gasteiger partial charge in [0.25, 0.3) is 5.91 Å². The minimum absolute atomic E-state index is 0.137. The first-order valence-corrected chi connectivity index (χ1v) is 12.4. The fourth-order valence-electron chi connectivity index (χ4n) is 5.92. The van der Waals surface area contributed by atoms with Crippen LogP contribution in [-0.2, 0) is 0 Å². The van der Waals surface area contributed by atoms with E-state index in [0.717, 1.165) is 35.0 Å². The summed E-state index contributed by atoms with van der Waals surface area (Å²) in [5.41, 5.74) is 6.45. The van der Waals surface area contributed by atoms with Gasteiger partial charge in [-0.3, -0.25) is 15.6 Å². The molecule has 5 nitrogen and oxygen atoms in total. The Balaban J connectivity index is 1.29. The molecule has 0 atom stereocenters. The fourth-order valence-corrected chi connectivity index (χ4v) is 7.18. The maximum Gasteiger partial charge on any atom is 0.272 e. The summed E-state index contributed by atoms with van der Waals surface area (Å²) in [5.74, 6) is 3.35. The molecule has 3 N–H and O–H groups in total. The zero-order chi connectivity index (χ0) is 20.3. The Morgan fingerprint density at radius 3 is 2.52 bits per heavy atom. The minimum atomic E-state index is -0.189. The number of rotatable bonds is 7. The molecule has 4 aliphatic rings. The number of thiocarbonyl (C=S) groups is 1. The maximum absolute atomic E-state index is 12.7. The molecule has 0 spiro atoms. The van der Waals surface area contributed by atoms with Crippen molar-refractivity contribution < 1.29 is 4.79 Å². The first kappa shape index (κ1) is 20.9. The van der Waals surface area contributed by atoms with Gasteiger partial charge in [-0.25, -0.2) is 4.98 Å². The van der Waals surface area contributed by atoms with E-state index in [1.165, 1.54) is 51.4 Å². The minimum Gasteiger partial charge on any atom is -0.356 e. The molecule has 158 valence electrons. The molecular formula is C22H32N4OS2. The van der Waals surface area contributed by atoms with E-state index in [-0.39, 0.29) is 11.4 Å². The second-order valence-electron chi connectivity index (χ2n) is 9.14. The second kappa shape index (κ2) is 9.21. The standard InChI is InChI=1S/C22H32N4OS2/c1-2-3-4-8-29-20-18(6-5-7-23-20)19(27)25-26-21(28)24-22-12-15-9-16(13-22)11-17(10-15)14-22/h5-7,15-17H,2-4,8-14H2,1H3,(H,25,27)(H2,24,26,28). The quantitative estimate of drug-likeness (QED) is 0.256. The van der Waals surface area contributed by atoms with Gasteiger partial charge in [0.05, 0.1) is 5.56 Å². The molecule has 4 fully saturated rings. The van der Waals surface area contributed by atoms with Crippen LogP contribution in [0.3, 0.4) is 0 Å². The predicted octanol–water partition coefficient (Wildman–Crippen LogP) is 4.44. The smallest absolute Gasteiger partial charge is 0.272 e. The highest BCUT2D eigenvalue weighted by atomic mass is 32.2. The molecule has 0 aromatic carbocycles. The van der Waals surface area contributed by atoms with Gasteiger partial charge in [-0.15, -0.1) is 11.8 Å². The summed E-state index contributed by atoms with van der Waals surface area (Å²) in [6.45, 7) is 2.19. The number of hydrogen-bond donors (Lipinski definition) is 3. The molecule has 1 aromatic rings. The summed E-state index contributed by atoms with van der Waals surface area (Å²) in [6, 6.07) is 3.62. The highest BCUT2D eigenvalue weighted by Gasteiger charge is 2.51. The van der Waals surface area contributed by atoms with Crippen LogP contribution in [0, 0.1) is 17.8 Å². The van der Waals surface area contributed by atoms with Crippen molar-refractivity contribution in [3.05, 3.63) is 23.9 Å². The summed E-state index contributed by atoms with van der Waals surface area (Å²) >= 11 is 7.18. The average Bonchev–Trinajstić information content (AvgIpc) is 2.68. The van der Waals surface area contributed by atoms with Crippen LogP contribution < -0.4 is 16.2 Å². The van der Waals surface area contributed by atoms with Gasteiger partial charge in [-0.05, 0) is 92.8 Å². The van der Waals surface area contributed by atoms with Gasteiger partial charge < -0.3 is 5.32 Å². The zero-order valence-electron chi connectivity index (χ0n) is 17.2. The van der Waals surface area contributed by atoms with Crippen LogP contribution in [0.2, 0.25) is 0 Å². The Morgan fingerprint density at radius 1 is 1.17 bits per heavy atom. The van der Waals surface area contributed by atoms with Gasteiger partial charge in [0.2, 0.25) is 0 Å². The number of thioether (sulfide) groups is 1. The number of hydrazine groups is 1. The van der Waals surface area contributed by atoms with E-state index in [1.807, 2.05) is 6.07 Å². The van der Waals surface area contributed by atoms with E-state index in [1.54, 1.807) is 24.0 Å². The van der Waals surface area contributed by atoms with E-state index in [4.69, 9.17) is 12.2 Å². The normalized spacial score (nSPS) is 29.5. The monoisotopic (exact) mass is 432 g/mol. The lowest BCUT2D eigenvalue weighted by Gasteiger charge is -2.57. The Hall–Kier alpha value is -1.34. The molecule has 29 heavy (non-hydrogen) atoms. The summed E-state index contributed by atoms with van der Waals surface area (Å²) in [6.07, 6.45) is 13.1. The van der Waals surface area contributed by atoms with E-state index in [0.29, 0.717) is 10.7 Å². The summed E-state index contributed by atoms with van der Waals surface area (Å²) in [5, 5.41) is 4.89. The van der Waals surface area contributed by atoms with Gasteiger partial charge in [0, 0.05) is 11.7 Å². The maximum atomic E-state index is 12.7. The summed E-state index contributed by atoms with van der Waals surface area (Å²) in [4.78, 5) is 17.1. The fraction of sp³-hybridized carbons (Fsp3) is 0.682. The largest absolute Gasteiger partial charge is 0.356 e. The lowest BCUT2D eigenvalue weighted by atomic mass is 9.53. The van der Waals surface area contributed by atoms with Crippen molar-refractivity contribution >= 4 is 35.0 Å². The van der Waals surface area contributed by atoms with Gasteiger partial charge in [0.1, 0.15) is 5.03 Å². The Morgan fingerprint density at radius 2 is 1.86 bits per heavy atom. The van der Waals surface area contributed by atoms with Gasteiger partial charge in [0.15, 0.2) is 5.11 Å². The van der Waals surface area contributed by atoms with E-state index >= 15 is 0 Å². The lowest BCUT2D eigenvalue weighted by molar-refractivity contribution is -0.0102. The number of nitrogens with zero attached hydrogens (tertiary/aromatic N) is 1. The average molecular weight is 433 g/mol. The van der Waals surface area contributed by atoms with Crippen LogP contribution in [0.4, 0.5) is 0 Å². The van der Waals surface area contributed by atoms with E-state index < -0.39 is 0 Å². The third-order valence-electron chi connectivity index (χ3n) is 6.71. The molecule has 0 aliphatic heterocycles. The first-order chi connectivity index (χ1) is 14.1. The van der Waals surface area contributed by atoms with Crippen molar-refractivity contribution in [2.45, 2.75) is 75.3 Å². The van der Waals surface area contributed by atoms with Crippen molar-refractivity contribution in [2.75, 3.05) is 5.75 Å². The van der Waals surface area contributed by atoms with Crippen LogP contribution in [0.15, 0.2) is 23.4 Å². The third-order valence-corrected chi connectivity index (χ3v) is 8.00. The first-order valence-electron chi connectivity index (χ1n) is 11.0. The number of nitrogens with one attached hydrogen (secondary N) is 3. The molecule has 1 heterocycles. The van der Waals surface area contributed by atoms with Crippen molar-refractivity contribution in [1.82, 2.24) is 21.2 Å². The molecule has 0 unspecified atom stereocenters. The molecule has 7 heteroatoms. The lowest BCUT2D eigenvalue weighted by Crippen LogP contribution is -2.62. The van der Waals surface area contributed by atoms with Crippen LogP contribution in [-0.4, -0.2) is 27.3 Å². The number of hydrogen-bond acceptors (Lipinski definition) is 4. The summed E-state index contributed by atoms with van der Waals surface area (Å²) < 4.78 is 0. The van der Waals surface area contributed by atoms with E-state index in [2.05, 4.69) is 28.1 Å². The molecule has 5 rings (SSSR count). The number of carbonyl (C=O) groups excluding carboxylic acids is 1. The highest BCUT2D eigenvalue weighted by molar-refractivity contribution is 7.99. The molecule has 4 aliphatic carbocycles. The summed E-state index contributed by atoms with van der Waals surface area (Å²) in [7, 11) is 0. The Labute approximate surface area is 183 Å². The molecule has 4 bridgehead atoms. The number of unbranched alkanes of at least 4 members (excludes halogenated alkanes) is 2. The molecule has 1 aromatic heterocycles. The topological polar surface area (TPSA) is 66.0 Å². The predicted molar refractivity (Wildman–Crippen MR) is 122 cm³/mol. The van der Waals surface area contributed by atoms with Gasteiger partial charge in [-0.2, -0.15) is 0 Å². The van der Waals surface area contributed by atoms with Gasteiger partial charge in [-0.1, -0.05) is 19.8 Å².